The molecule has 3 rings (SSSR count). The average Bonchev–Trinajstić information content (AvgIpc) is 2.98. The highest BCUT2D eigenvalue weighted by molar-refractivity contribution is 7.07. The first-order valence-electron chi connectivity index (χ1n) is 8.07. The number of aromatic nitrogens is 1. The molecule has 0 amide bonds. The standard InChI is InChI=1S/C18H20N4OS/c1-14(23)17-4-3-15(10-19)9-18(17)22-6-2-5-21(7-8-22)11-16-12-24-13-20-16/h3-4,9,12-13H,2,5-8,11H2,1H3. The molecule has 0 bridgehead atoms. The first kappa shape index (κ1) is 16.6. The van der Waals surface area contributed by atoms with Crippen LogP contribution >= 0.6 is 11.3 Å². The molecule has 1 aromatic heterocycles. The second-order valence-electron chi connectivity index (χ2n) is 6.00. The maximum absolute atomic E-state index is 11.9. The van der Waals surface area contributed by atoms with Crippen LogP contribution in [0.1, 0.15) is 35.0 Å². The Morgan fingerprint density at radius 2 is 2.21 bits per heavy atom. The Kier molecular flexibility index (Phi) is 5.24. The fraction of sp³-hybridized carbons (Fsp3) is 0.389. The largest absolute Gasteiger partial charge is 0.370 e. The van der Waals surface area contributed by atoms with Crippen molar-refractivity contribution >= 4 is 22.8 Å². The normalized spacial score (nSPS) is 15.8. The highest BCUT2D eigenvalue weighted by Gasteiger charge is 2.19. The number of nitriles is 1. The van der Waals surface area contributed by atoms with Gasteiger partial charge in [-0.25, -0.2) is 4.98 Å². The third kappa shape index (κ3) is 3.81. The summed E-state index contributed by atoms with van der Waals surface area (Å²) in [4.78, 5) is 20.9. The molecule has 1 aromatic carbocycles. The number of ketones is 1. The van der Waals surface area contributed by atoms with Crippen LogP contribution in [0.2, 0.25) is 0 Å². The van der Waals surface area contributed by atoms with Crippen LogP contribution in [0.5, 0.6) is 0 Å². The van der Waals surface area contributed by atoms with Gasteiger partial charge in [-0.15, -0.1) is 11.3 Å². The van der Waals surface area contributed by atoms with Gasteiger partial charge in [0.2, 0.25) is 0 Å². The lowest BCUT2D eigenvalue weighted by Crippen LogP contribution is -2.31. The molecule has 2 heterocycles. The van der Waals surface area contributed by atoms with E-state index in [4.69, 9.17) is 5.26 Å². The molecule has 0 aliphatic carbocycles. The summed E-state index contributed by atoms with van der Waals surface area (Å²) in [6.45, 7) is 6.13. The molecule has 0 unspecified atom stereocenters. The van der Waals surface area contributed by atoms with Crippen LogP contribution in [0, 0.1) is 11.3 Å². The maximum Gasteiger partial charge on any atom is 0.161 e. The smallest absolute Gasteiger partial charge is 0.161 e. The van der Waals surface area contributed by atoms with Gasteiger partial charge in [0.1, 0.15) is 0 Å². The molecule has 1 aliphatic rings. The molecule has 1 aliphatic heterocycles. The van der Waals surface area contributed by atoms with Crippen molar-refractivity contribution in [2.45, 2.75) is 19.9 Å². The summed E-state index contributed by atoms with van der Waals surface area (Å²) in [5.74, 6) is 0.0399. The number of hydrogen-bond donors (Lipinski definition) is 0. The summed E-state index contributed by atoms with van der Waals surface area (Å²) in [6.07, 6.45) is 1.03. The Balaban J connectivity index is 1.76. The van der Waals surface area contributed by atoms with Gasteiger partial charge in [-0.2, -0.15) is 5.26 Å². The van der Waals surface area contributed by atoms with Gasteiger partial charge in [-0.3, -0.25) is 9.69 Å². The van der Waals surface area contributed by atoms with E-state index < -0.39 is 0 Å². The van der Waals surface area contributed by atoms with Gasteiger partial charge in [0.25, 0.3) is 0 Å². The number of Topliss-reactive ketones (excluding diaryl/α,β-unsaturated/α-hetero) is 1. The number of hydrogen-bond acceptors (Lipinski definition) is 6. The third-order valence-corrected chi connectivity index (χ3v) is 4.94. The van der Waals surface area contributed by atoms with E-state index >= 15 is 0 Å². The predicted molar refractivity (Wildman–Crippen MR) is 95.4 cm³/mol. The fourth-order valence-electron chi connectivity index (χ4n) is 3.08. The van der Waals surface area contributed by atoms with Gasteiger partial charge in [-0.1, -0.05) is 0 Å². The molecule has 2 aromatic rings. The Labute approximate surface area is 146 Å². The molecular formula is C18H20N4OS. The summed E-state index contributed by atoms with van der Waals surface area (Å²) in [5.41, 5.74) is 5.16. The Hall–Kier alpha value is -2.23. The lowest BCUT2D eigenvalue weighted by molar-refractivity contribution is 0.101. The first-order chi connectivity index (χ1) is 11.7. The monoisotopic (exact) mass is 340 g/mol. The van der Waals surface area contributed by atoms with Crippen molar-refractivity contribution in [2.75, 3.05) is 31.1 Å². The molecule has 5 nitrogen and oxygen atoms in total. The second kappa shape index (κ2) is 7.56. The Morgan fingerprint density at radius 1 is 1.33 bits per heavy atom. The number of carbonyl (C=O) groups is 1. The van der Waals surface area contributed by atoms with Gasteiger partial charge in [-0.05, 0) is 31.5 Å². The van der Waals surface area contributed by atoms with Crippen LogP contribution < -0.4 is 4.90 Å². The molecule has 0 N–H and O–H groups in total. The number of nitrogens with zero attached hydrogens (tertiary/aromatic N) is 4. The zero-order valence-electron chi connectivity index (χ0n) is 13.7. The molecule has 0 radical (unpaired) electrons. The first-order valence-corrected chi connectivity index (χ1v) is 9.01. The van der Waals surface area contributed by atoms with Crippen molar-refractivity contribution in [2.24, 2.45) is 0 Å². The van der Waals surface area contributed by atoms with E-state index in [0.29, 0.717) is 11.1 Å². The van der Waals surface area contributed by atoms with E-state index in [-0.39, 0.29) is 5.78 Å². The highest BCUT2D eigenvalue weighted by Crippen LogP contribution is 2.24. The molecule has 1 fully saturated rings. The topological polar surface area (TPSA) is 60.2 Å². The minimum Gasteiger partial charge on any atom is -0.370 e. The maximum atomic E-state index is 11.9. The number of anilines is 1. The van der Waals surface area contributed by atoms with E-state index in [9.17, 15) is 4.79 Å². The van der Waals surface area contributed by atoms with Crippen molar-refractivity contribution in [1.29, 1.82) is 5.26 Å². The molecule has 1 saturated heterocycles. The molecular weight excluding hydrogens is 320 g/mol. The summed E-state index contributed by atoms with van der Waals surface area (Å²) in [6, 6.07) is 7.50. The predicted octanol–water partition coefficient (Wildman–Crippen LogP) is 2.93. The minimum absolute atomic E-state index is 0.0399. The Bertz CT molecular complexity index is 751. The summed E-state index contributed by atoms with van der Waals surface area (Å²) >= 11 is 1.62. The van der Waals surface area contributed by atoms with Crippen molar-refractivity contribution in [3.05, 3.63) is 45.9 Å². The van der Waals surface area contributed by atoms with Gasteiger partial charge in [0.15, 0.2) is 5.78 Å². The lowest BCUT2D eigenvalue weighted by Gasteiger charge is -2.25. The van der Waals surface area contributed by atoms with Crippen LogP contribution in [0.15, 0.2) is 29.1 Å². The zero-order chi connectivity index (χ0) is 16.9. The van der Waals surface area contributed by atoms with Crippen molar-refractivity contribution < 1.29 is 4.79 Å². The molecule has 6 heteroatoms. The van der Waals surface area contributed by atoms with Crippen LogP contribution in [0.4, 0.5) is 5.69 Å². The van der Waals surface area contributed by atoms with Crippen molar-refractivity contribution in [3.8, 4) is 6.07 Å². The van der Waals surface area contributed by atoms with Gasteiger partial charge in [0.05, 0.1) is 22.8 Å². The number of thiazole rings is 1. The molecule has 0 spiro atoms. The highest BCUT2D eigenvalue weighted by atomic mass is 32.1. The van der Waals surface area contributed by atoms with Crippen LogP contribution in [0.3, 0.4) is 0 Å². The number of rotatable bonds is 4. The van der Waals surface area contributed by atoms with E-state index in [2.05, 4.69) is 26.2 Å². The molecule has 124 valence electrons. The van der Waals surface area contributed by atoms with E-state index in [0.717, 1.165) is 50.5 Å². The summed E-state index contributed by atoms with van der Waals surface area (Å²) < 4.78 is 0. The van der Waals surface area contributed by atoms with Crippen LogP contribution in [0.25, 0.3) is 0 Å². The average molecular weight is 340 g/mol. The van der Waals surface area contributed by atoms with Gasteiger partial charge in [0, 0.05) is 49.4 Å². The van der Waals surface area contributed by atoms with Crippen LogP contribution in [-0.4, -0.2) is 41.8 Å². The Morgan fingerprint density at radius 3 is 2.92 bits per heavy atom. The number of benzene rings is 1. The summed E-state index contributed by atoms with van der Waals surface area (Å²) in [5, 5.41) is 11.3. The quantitative estimate of drug-likeness (QED) is 0.801. The van der Waals surface area contributed by atoms with E-state index in [1.807, 2.05) is 11.6 Å². The second-order valence-corrected chi connectivity index (χ2v) is 6.72. The van der Waals surface area contributed by atoms with Crippen molar-refractivity contribution in [1.82, 2.24) is 9.88 Å². The van der Waals surface area contributed by atoms with E-state index in [1.165, 1.54) is 0 Å². The SMILES string of the molecule is CC(=O)c1ccc(C#N)cc1N1CCCN(Cc2cscn2)CC1. The lowest BCUT2D eigenvalue weighted by atomic mass is 10.1. The van der Waals surface area contributed by atoms with Crippen molar-refractivity contribution in [3.63, 3.8) is 0 Å². The molecule has 0 saturated carbocycles. The summed E-state index contributed by atoms with van der Waals surface area (Å²) in [7, 11) is 0. The molecule has 0 atom stereocenters. The van der Waals surface area contributed by atoms with E-state index in [1.54, 1.807) is 30.4 Å². The molecule has 24 heavy (non-hydrogen) atoms. The van der Waals surface area contributed by atoms with Gasteiger partial charge >= 0.3 is 0 Å². The fourth-order valence-corrected chi connectivity index (χ4v) is 3.62. The zero-order valence-corrected chi connectivity index (χ0v) is 14.6. The van der Waals surface area contributed by atoms with Gasteiger partial charge < -0.3 is 4.90 Å². The minimum atomic E-state index is 0.0399. The van der Waals surface area contributed by atoms with Crippen LogP contribution in [-0.2, 0) is 6.54 Å². The third-order valence-electron chi connectivity index (χ3n) is 4.30. The number of carbonyl (C=O) groups excluding carboxylic acids is 1.